The van der Waals surface area contributed by atoms with Gasteiger partial charge in [0.15, 0.2) is 11.6 Å². The van der Waals surface area contributed by atoms with Crippen molar-refractivity contribution in [1.82, 2.24) is 14.9 Å². The van der Waals surface area contributed by atoms with E-state index in [1.54, 1.807) is 6.33 Å². The van der Waals surface area contributed by atoms with Crippen molar-refractivity contribution in [2.75, 3.05) is 49.7 Å². The van der Waals surface area contributed by atoms with Crippen LogP contribution in [0.2, 0.25) is 0 Å². The molecule has 1 aliphatic heterocycles. The highest BCUT2D eigenvalue weighted by molar-refractivity contribution is 5.78. The average molecular weight is 385 g/mol. The van der Waals surface area contributed by atoms with Crippen LogP contribution in [0.1, 0.15) is 32.6 Å². The highest BCUT2D eigenvalue weighted by Crippen LogP contribution is 2.31. The summed E-state index contributed by atoms with van der Waals surface area (Å²) in [5, 5.41) is 3.31. The second kappa shape index (κ2) is 9.59. The molecule has 0 atom stereocenters. The van der Waals surface area contributed by atoms with Gasteiger partial charge in [-0.1, -0.05) is 13.3 Å². The number of hydrogen-bond donors (Lipinski definition) is 2. The Morgan fingerprint density at radius 1 is 1.21 bits per heavy atom. The number of likely N-dealkylation sites (tertiary alicyclic amines) is 1. The second-order valence-electron chi connectivity index (χ2n) is 7.46. The van der Waals surface area contributed by atoms with Gasteiger partial charge in [0.1, 0.15) is 17.8 Å². The van der Waals surface area contributed by atoms with E-state index in [0.717, 1.165) is 62.6 Å². The third-order valence-electron chi connectivity index (χ3n) is 5.32. The largest absolute Gasteiger partial charge is 0.494 e. The Bertz CT molecular complexity index is 743. The third kappa shape index (κ3) is 5.04. The van der Waals surface area contributed by atoms with Gasteiger partial charge >= 0.3 is 0 Å². The molecule has 7 nitrogen and oxygen atoms in total. The molecule has 152 valence electrons. The van der Waals surface area contributed by atoms with Crippen molar-refractivity contribution in [3.63, 3.8) is 0 Å². The number of nitrogens with zero attached hydrogens (tertiary/aromatic N) is 4. The Morgan fingerprint density at radius 2 is 1.93 bits per heavy atom. The summed E-state index contributed by atoms with van der Waals surface area (Å²) in [4.78, 5) is 13.3. The number of piperidine rings is 1. The van der Waals surface area contributed by atoms with Gasteiger partial charge in [-0.05, 0) is 63.7 Å². The number of anilines is 4. The number of nitrogen functional groups attached to an aromatic ring is 1. The van der Waals surface area contributed by atoms with Crippen molar-refractivity contribution < 1.29 is 4.74 Å². The van der Waals surface area contributed by atoms with Crippen LogP contribution in [0, 0.1) is 0 Å². The maximum atomic E-state index is 6.41. The van der Waals surface area contributed by atoms with Crippen LogP contribution in [0.4, 0.5) is 23.0 Å². The first kappa shape index (κ1) is 20.2. The number of benzene rings is 1. The first-order valence-electron chi connectivity index (χ1n) is 10.1. The minimum Gasteiger partial charge on any atom is -0.494 e. The molecule has 1 aromatic heterocycles. The zero-order valence-electron chi connectivity index (χ0n) is 17.2. The summed E-state index contributed by atoms with van der Waals surface area (Å²) in [6.07, 6.45) is 5.98. The predicted molar refractivity (Wildman–Crippen MR) is 115 cm³/mol. The fraction of sp³-hybridized carbons (Fsp3) is 0.524. The van der Waals surface area contributed by atoms with E-state index in [9.17, 15) is 0 Å². The zero-order valence-corrected chi connectivity index (χ0v) is 17.2. The van der Waals surface area contributed by atoms with E-state index in [-0.39, 0.29) is 0 Å². The molecule has 0 bridgehead atoms. The number of hydrogen-bond acceptors (Lipinski definition) is 7. The molecule has 0 spiro atoms. The van der Waals surface area contributed by atoms with Crippen molar-refractivity contribution in [2.24, 2.45) is 0 Å². The number of nitrogens with one attached hydrogen (secondary N) is 1. The Labute approximate surface area is 167 Å². The summed E-state index contributed by atoms with van der Waals surface area (Å²) in [7, 11) is 4.23. The lowest BCUT2D eigenvalue weighted by molar-refractivity contribution is 0.252. The van der Waals surface area contributed by atoms with Gasteiger partial charge in [0.2, 0.25) is 0 Å². The monoisotopic (exact) mass is 384 g/mol. The van der Waals surface area contributed by atoms with Gasteiger partial charge < -0.3 is 25.6 Å². The van der Waals surface area contributed by atoms with Crippen molar-refractivity contribution in [1.29, 1.82) is 0 Å². The van der Waals surface area contributed by atoms with Crippen molar-refractivity contribution >= 4 is 23.0 Å². The number of aromatic nitrogens is 2. The molecule has 0 saturated carbocycles. The second-order valence-corrected chi connectivity index (χ2v) is 7.46. The van der Waals surface area contributed by atoms with Crippen LogP contribution in [-0.4, -0.2) is 54.7 Å². The van der Waals surface area contributed by atoms with Crippen molar-refractivity contribution in [3.05, 3.63) is 30.6 Å². The summed E-state index contributed by atoms with van der Waals surface area (Å²) >= 11 is 0. The molecular formula is C21H32N6O. The minimum absolute atomic E-state index is 0.445. The third-order valence-corrected chi connectivity index (χ3v) is 5.32. The van der Waals surface area contributed by atoms with E-state index in [0.29, 0.717) is 17.5 Å². The Kier molecular flexibility index (Phi) is 6.92. The van der Waals surface area contributed by atoms with Gasteiger partial charge in [-0.3, -0.25) is 0 Å². The van der Waals surface area contributed by atoms with Crippen molar-refractivity contribution in [2.45, 2.75) is 38.6 Å². The molecule has 0 amide bonds. The van der Waals surface area contributed by atoms with Gasteiger partial charge in [-0.15, -0.1) is 0 Å². The molecule has 1 fully saturated rings. The highest BCUT2D eigenvalue weighted by Gasteiger charge is 2.23. The van der Waals surface area contributed by atoms with Gasteiger partial charge in [-0.2, -0.15) is 0 Å². The summed E-state index contributed by atoms with van der Waals surface area (Å²) in [5.41, 5.74) is 7.91. The molecule has 2 aromatic rings. The van der Waals surface area contributed by atoms with Crippen LogP contribution >= 0.6 is 0 Å². The first-order chi connectivity index (χ1) is 13.6. The van der Waals surface area contributed by atoms with Crippen LogP contribution in [0.3, 0.4) is 0 Å². The Balaban J connectivity index is 1.67. The molecule has 0 unspecified atom stereocenters. The summed E-state index contributed by atoms with van der Waals surface area (Å²) < 4.78 is 5.71. The van der Waals surface area contributed by atoms with Gasteiger partial charge in [0.25, 0.3) is 0 Å². The molecule has 3 rings (SSSR count). The molecular weight excluding hydrogens is 352 g/mol. The topological polar surface area (TPSA) is 79.5 Å². The van der Waals surface area contributed by atoms with E-state index in [1.165, 1.54) is 0 Å². The van der Waals surface area contributed by atoms with Gasteiger partial charge in [0, 0.05) is 18.8 Å². The van der Waals surface area contributed by atoms with Gasteiger partial charge in [-0.25, -0.2) is 9.97 Å². The van der Waals surface area contributed by atoms with Gasteiger partial charge in [0.05, 0.1) is 6.61 Å². The van der Waals surface area contributed by atoms with E-state index < -0.39 is 0 Å². The van der Waals surface area contributed by atoms with Crippen LogP contribution in [0.5, 0.6) is 5.75 Å². The first-order valence-corrected chi connectivity index (χ1v) is 10.1. The van der Waals surface area contributed by atoms with E-state index in [4.69, 9.17) is 10.5 Å². The lowest BCUT2D eigenvalue weighted by Gasteiger charge is -2.36. The average Bonchev–Trinajstić information content (AvgIpc) is 2.71. The van der Waals surface area contributed by atoms with E-state index >= 15 is 0 Å². The Hall–Kier alpha value is -2.54. The predicted octanol–water partition coefficient (Wildman–Crippen LogP) is 3.51. The zero-order chi connectivity index (χ0) is 19.9. The van der Waals surface area contributed by atoms with Crippen LogP contribution in [-0.2, 0) is 0 Å². The molecule has 0 aliphatic carbocycles. The van der Waals surface area contributed by atoms with Crippen LogP contribution < -0.4 is 20.7 Å². The standard InChI is InChI=1S/C21H32N6O/c1-4-5-14-28-18-8-6-16(7-9-18)25-20-19(22)21(24-15-23-20)27(3)17-10-12-26(2)13-11-17/h6-9,15,17H,4-5,10-14,22H2,1-3H3,(H,23,24,25). The summed E-state index contributed by atoms with van der Waals surface area (Å²) in [5.74, 6) is 2.29. The van der Waals surface area contributed by atoms with Crippen molar-refractivity contribution in [3.8, 4) is 5.75 Å². The molecule has 7 heteroatoms. The van der Waals surface area contributed by atoms with E-state index in [2.05, 4.69) is 46.1 Å². The molecule has 3 N–H and O–H groups in total. The summed E-state index contributed by atoms with van der Waals surface area (Å²) in [6, 6.07) is 8.31. The van der Waals surface area contributed by atoms with E-state index in [1.807, 2.05) is 24.3 Å². The number of nitrogens with two attached hydrogens (primary N) is 1. The highest BCUT2D eigenvalue weighted by atomic mass is 16.5. The quantitative estimate of drug-likeness (QED) is 0.674. The molecule has 1 aliphatic rings. The van der Waals surface area contributed by atoms with Crippen LogP contribution in [0.25, 0.3) is 0 Å². The molecule has 2 heterocycles. The summed E-state index contributed by atoms with van der Waals surface area (Å²) in [6.45, 7) is 5.09. The molecule has 1 aromatic carbocycles. The maximum Gasteiger partial charge on any atom is 0.159 e. The smallest absolute Gasteiger partial charge is 0.159 e. The SMILES string of the molecule is CCCCOc1ccc(Nc2ncnc(N(C)C3CCN(C)CC3)c2N)cc1. The normalized spacial score (nSPS) is 15.4. The minimum atomic E-state index is 0.445. The van der Waals surface area contributed by atoms with Crippen LogP contribution in [0.15, 0.2) is 30.6 Å². The fourth-order valence-electron chi connectivity index (χ4n) is 3.43. The Morgan fingerprint density at radius 3 is 2.61 bits per heavy atom. The lowest BCUT2D eigenvalue weighted by atomic mass is 10.0. The molecule has 1 saturated heterocycles. The number of rotatable bonds is 8. The fourth-order valence-corrected chi connectivity index (χ4v) is 3.43. The lowest BCUT2D eigenvalue weighted by Crippen LogP contribution is -2.42. The number of ether oxygens (including phenoxy) is 1. The molecule has 28 heavy (non-hydrogen) atoms. The number of unbranched alkanes of at least 4 members (excludes halogenated alkanes) is 1. The molecule has 0 radical (unpaired) electrons. The maximum absolute atomic E-state index is 6.41.